The van der Waals surface area contributed by atoms with Crippen molar-refractivity contribution in [3.05, 3.63) is 17.6 Å². The fraction of sp³-hybridized carbons (Fsp3) is 0.636. The maximum atomic E-state index is 11.8. The number of nitrogens with zero attached hydrogens (tertiary/aromatic N) is 2. The van der Waals surface area contributed by atoms with Crippen LogP contribution < -0.4 is 5.32 Å². The van der Waals surface area contributed by atoms with Crippen molar-refractivity contribution < 1.29 is 17.9 Å². The fourth-order valence-corrected chi connectivity index (χ4v) is 1.36. The summed E-state index contributed by atoms with van der Waals surface area (Å²) < 4.78 is 40.0. The molecule has 1 aromatic rings. The van der Waals surface area contributed by atoms with Crippen molar-refractivity contribution in [2.75, 3.05) is 25.1 Å². The lowest BCUT2D eigenvalue weighted by atomic mass is 10.3. The first kappa shape index (κ1) is 14.7. The number of anilines is 1. The Morgan fingerprint density at radius 3 is 2.67 bits per heavy atom. The van der Waals surface area contributed by atoms with Crippen LogP contribution in [0.25, 0.3) is 0 Å². The number of aromatic nitrogens is 2. The van der Waals surface area contributed by atoms with Gasteiger partial charge >= 0.3 is 6.18 Å². The Bertz CT molecular complexity index is 382. The number of hydrogen-bond acceptors (Lipinski definition) is 4. The highest BCUT2D eigenvalue weighted by Crippen LogP contribution is 2.14. The molecule has 0 saturated heterocycles. The van der Waals surface area contributed by atoms with E-state index in [-0.39, 0.29) is 13.0 Å². The number of halogens is 3. The largest absolute Gasteiger partial charge is 0.411 e. The van der Waals surface area contributed by atoms with Gasteiger partial charge in [-0.05, 0) is 13.8 Å². The predicted molar refractivity (Wildman–Crippen MR) is 61.5 cm³/mol. The SMILES string of the molecule is CCNc1cc(C)nc(CCOCC(F)(F)F)n1. The van der Waals surface area contributed by atoms with Crippen LogP contribution in [0.5, 0.6) is 0 Å². The van der Waals surface area contributed by atoms with Crippen LogP contribution in [0.4, 0.5) is 19.0 Å². The zero-order chi connectivity index (χ0) is 13.6. The molecule has 1 N–H and O–H groups in total. The van der Waals surface area contributed by atoms with Gasteiger partial charge < -0.3 is 10.1 Å². The van der Waals surface area contributed by atoms with Gasteiger partial charge in [0.25, 0.3) is 0 Å². The number of alkyl halides is 3. The molecule has 0 fully saturated rings. The van der Waals surface area contributed by atoms with E-state index < -0.39 is 12.8 Å². The molecule has 7 heteroatoms. The van der Waals surface area contributed by atoms with Crippen LogP contribution in [0.2, 0.25) is 0 Å². The van der Waals surface area contributed by atoms with Gasteiger partial charge in [0.05, 0.1) is 6.61 Å². The number of hydrogen-bond donors (Lipinski definition) is 1. The van der Waals surface area contributed by atoms with Crippen molar-refractivity contribution in [2.24, 2.45) is 0 Å². The number of rotatable bonds is 6. The number of ether oxygens (including phenoxy) is 1. The molecule has 0 saturated carbocycles. The minimum absolute atomic E-state index is 0.0471. The van der Waals surface area contributed by atoms with E-state index in [1.807, 2.05) is 13.8 Å². The average molecular weight is 263 g/mol. The third-order valence-corrected chi connectivity index (χ3v) is 1.99. The lowest BCUT2D eigenvalue weighted by Gasteiger charge is -2.08. The van der Waals surface area contributed by atoms with Gasteiger partial charge in [0.15, 0.2) is 0 Å². The lowest BCUT2D eigenvalue weighted by Crippen LogP contribution is -2.18. The van der Waals surface area contributed by atoms with Crippen LogP contribution in [0.3, 0.4) is 0 Å². The molecule has 0 amide bonds. The highest BCUT2D eigenvalue weighted by atomic mass is 19.4. The predicted octanol–water partition coefficient (Wildman–Crippen LogP) is 2.34. The first-order valence-corrected chi connectivity index (χ1v) is 5.63. The smallest absolute Gasteiger partial charge is 0.372 e. The molecule has 0 aliphatic heterocycles. The monoisotopic (exact) mass is 263 g/mol. The Labute approximate surface area is 104 Å². The minimum Gasteiger partial charge on any atom is -0.372 e. The molecule has 0 aliphatic rings. The number of aryl methyl sites for hydroxylation is 1. The zero-order valence-corrected chi connectivity index (χ0v) is 10.3. The Kier molecular flexibility index (Phi) is 5.33. The molecule has 0 radical (unpaired) electrons. The van der Waals surface area contributed by atoms with Gasteiger partial charge in [0.2, 0.25) is 0 Å². The van der Waals surface area contributed by atoms with E-state index in [4.69, 9.17) is 0 Å². The third-order valence-electron chi connectivity index (χ3n) is 1.99. The molecule has 1 heterocycles. The summed E-state index contributed by atoms with van der Waals surface area (Å²) in [6.45, 7) is 3.18. The summed E-state index contributed by atoms with van der Waals surface area (Å²) in [5, 5.41) is 3.03. The minimum atomic E-state index is -4.29. The van der Waals surface area contributed by atoms with Gasteiger partial charge in [0.1, 0.15) is 18.2 Å². The van der Waals surface area contributed by atoms with Crippen molar-refractivity contribution in [1.82, 2.24) is 9.97 Å². The summed E-state index contributed by atoms with van der Waals surface area (Å²) in [7, 11) is 0. The van der Waals surface area contributed by atoms with E-state index in [1.54, 1.807) is 6.07 Å². The summed E-state index contributed by atoms with van der Waals surface area (Å²) in [4.78, 5) is 8.31. The maximum Gasteiger partial charge on any atom is 0.411 e. The standard InChI is InChI=1S/C11H16F3N3O/c1-3-15-10-6-8(2)16-9(17-10)4-5-18-7-11(12,13)14/h6H,3-5,7H2,1-2H3,(H,15,16,17). The van der Waals surface area contributed by atoms with Crippen molar-refractivity contribution in [3.8, 4) is 0 Å². The molecule has 0 spiro atoms. The Morgan fingerprint density at radius 2 is 2.06 bits per heavy atom. The summed E-state index contributed by atoms with van der Waals surface area (Å²) in [5.74, 6) is 1.16. The highest BCUT2D eigenvalue weighted by Gasteiger charge is 2.27. The Morgan fingerprint density at radius 1 is 1.33 bits per heavy atom. The van der Waals surface area contributed by atoms with E-state index >= 15 is 0 Å². The quantitative estimate of drug-likeness (QED) is 0.800. The van der Waals surface area contributed by atoms with Crippen LogP contribution in [0.1, 0.15) is 18.4 Å². The van der Waals surface area contributed by atoms with Gasteiger partial charge in [-0.25, -0.2) is 9.97 Å². The summed E-state index contributed by atoms with van der Waals surface area (Å²) in [5.41, 5.74) is 0.770. The zero-order valence-electron chi connectivity index (χ0n) is 10.3. The van der Waals surface area contributed by atoms with Crippen LogP contribution in [-0.4, -0.2) is 35.9 Å². The molecule has 18 heavy (non-hydrogen) atoms. The highest BCUT2D eigenvalue weighted by molar-refractivity contribution is 5.35. The van der Waals surface area contributed by atoms with E-state index in [0.717, 1.165) is 12.2 Å². The topological polar surface area (TPSA) is 47.0 Å². The summed E-state index contributed by atoms with van der Waals surface area (Å²) in [6, 6.07) is 1.78. The second kappa shape index (κ2) is 6.53. The molecule has 0 aliphatic carbocycles. The molecule has 1 aromatic heterocycles. The average Bonchev–Trinajstić information content (AvgIpc) is 2.23. The molecule has 0 bridgehead atoms. The Balaban J connectivity index is 2.46. The third kappa shape index (κ3) is 5.81. The van der Waals surface area contributed by atoms with Gasteiger partial charge in [-0.1, -0.05) is 0 Å². The fourth-order valence-electron chi connectivity index (χ4n) is 1.36. The van der Waals surface area contributed by atoms with Gasteiger partial charge in [-0.2, -0.15) is 13.2 Å². The second-order valence-corrected chi connectivity index (χ2v) is 3.76. The molecular weight excluding hydrogens is 247 g/mol. The van der Waals surface area contributed by atoms with Crippen molar-refractivity contribution in [1.29, 1.82) is 0 Å². The lowest BCUT2D eigenvalue weighted by molar-refractivity contribution is -0.173. The van der Waals surface area contributed by atoms with Crippen molar-refractivity contribution >= 4 is 5.82 Å². The molecular formula is C11H16F3N3O. The van der Waals surface area contributed by atoms with E-state index in [0.29, 0.717) is 11.6 Å². The second-order valence-electron chi connectivity index (χ2n) is 3.76. The van der Waals surface area contributed by atoms with Crippen LogP contribution >= 0.6 is 0 Å². The number of nitrogens with one attached hydrogen (secondary N) is 1. The molecule has 102 valence electrons. The van der Waals surface area contributed by atoms with E-state index in [2.05, 4.69) is 20.0 Å². The van der Waals surface area contributed by atoms with Gasteiger partial charge in [-0.3, -0.25) is 0 Å². The van der Waals surface area contributed by atoms with Gasteiger partial charge in [-0.15, -0.1) is 0 Å². The van der Waals surface area contributed by atoms with Crippen LogP contribution in [0.15, 0.2) is 6.07 Å². The molecule has 4 nitrogen and oxygen atoms in total. The van der Waals surface area contributed by atoms with E-state index in [1.165, 1.54) is 0 Å². The molecule has 0 atom stereocenters. The van der Waals surface area contributed by atoms with Gasteiger partial charge in [0, 0.05) is 24.7 Å². The molecule has 0 unspecified atom stereocenters. The van der Waals surface area contributed by atoms with E-state index in [9.17, 15) is 13.2 Å². The Hall–Kier alpha value is -1.37. The van der Waals surface area contributed by atoms with Crippen LogP contribution in [-0.2, 0) is 11.2 Å². The summed E-state index contributed by atoms with van der Waals surface area (Å²) >= 11 is 0. The van der Waals surface area contributed by atoms with Crippen molar-refractivity contribution in [2.45, 2.75) is 26.4 Å². The first-order valence-electron chi connectivity index (χ1n) is 5.63. The first-order chi connectivity index (χ1) is 8.40. The molecule has 0 aromatic carbocycles. The normalized spacial score (nSPS) is 11.6. The van der Waals surface area contributed by atoms with Crippen LogP contribution in [0, 0.1) is 6.92 Å². The maximum absolute atomic E-state index is 11.8. The molecule has 1 rings (SSSR count). The van der Waals surface area contributed by atoms with Crippen molar-refractivity contribution in [3.63, 3.8) is 0 Å². The summed E-state index contributed by atoms with van der Waals surface area (Å²) in [6.07, 6.45) is -4.03.